The molecule has 0 aliphatic rings. The van der Waals surface area contributed by atoms with Crippen LogP contribution in [-0.2, 0) is 4.79 Å². The Kier molecular flexibility index (Phi) is 5.63. The second kappa shape index (κ2) is 7.89. The monoisotopic (exact) mass is 313 g/mol. The highest BCUT2D eigenvalue weighted by molar-refractivity contribution is 6.02. The van der Waals surface area contributed by atoms with Gasteiger partial charge < -0.3 is 19.5 Å². The van der Waals surface area contributed by atoms with Gasteiger partial charge in [-0.1, -0.05) is 0 Å². The van der Waals surface area contributed by atoms with Crippen molar-refractivity contribution in [2.24, 2.45) is 0 Å². The maximum absolute atomic E-state index is 12.0. The van der Waals surface area contributed by atoms with E-state index in [1.165, 1.54) is 6.08 Å². The normalized spacial score (nSPS) is 10.4. The number of hydrogen-bond acceptors (Lipinski definition) is 4. The Morgan fingerprint density at radius 2 is 1.57 bits per heavy atom. The molecule has 5 nitrogen and oxygen atoms in total. The van der Waals surface area contributed by atoms with Gasteiger partial charge in [0.05, 0.1) is 21.3 Å². The zero-order valence-electron chi connectivity index (χ0n) is 13.3. The van der Waals surface area contributed by atoms with Gasteiger partial charge in [-0.15, -0.1) is 0 Å². The predicted molar refractivity (Wildman–Crippen MR) is 90.2 cm³/mol. The number of hydrogen-bond donors (Lipinski definition) is 1. The summed E-state index contributed by atoms with van der Waals surface area (Å²) in [6, 6.07) is 12.5. The van der Waals surface area contributed by atoms with Crippen molar-refractivity contribution in [1.29, 1.82) is 0 Å². The van der Waals surface area contributed by atoms with Crippen LogP contribution in [-0.4, -0.2) is 27.2 Å². The second-order valence-electron chi connectivity index (χ2n) is 4.66. The van der Waals surface area contributed by atoms with Gasteiger partial charge in [-0.25, -0.2) is 0 Å². The molecule has 0 bridgehead atoms. The molecule has 0 aliphatic carbocycles. The molecule has 0 unspecified atom stereocenters. The zero-order chi connectivity index (χ0) is 16.7. The number of benzene rings is 2. The minimum atomic E-state index is -0.229. The van der Waals surface area contributed by atoms with Gasteiger partial charge in [-0.2, -0.15) is 0 Å². The van der Waals surface area contributed by atoms with E-state index < -0.39 is 0 Å². The summed E-state index contributed by atoms with van der Waals surface area (Å²) in [6.07, 6.45) is 3.14. The van der Waals surface area contributed by atoms with E-state index >= 15 is 0 Å². The molecule has 1 amide bonds. The highest BCUT2D eigenvalue weighted by Crippen LogP contribution is 2.25. The van der Waals surface area contributed by atoms with E-state index in [1.807, 2.05) is 12.1 Å². The Bertz CT molecular complexity index is 693. The Morgan fingerprint density at radius 1 is 0.913 bits per heavy atom. The Morgan fingerprint density at radius 3 is 2.17 bits per heavy atom. The molecule has 0 aromatic heterocycles. The van der Waals surface area contributed by atoms with Gasteiger partial charge in [0, 0.05) is 23.4 Å². The topological polar surface area (TPSA) is 56.8 Å². The van der Waals surface area contributed by atoms with Crippen LogP contribution in [0.5, 0.6) is 17.2 Å². The molecule has 0 saturated carbocycles. The van der Waals surface area contributed by atoms with E-state index in [9.17, 15) is 4.79 Å². The van der Waals surface area contributed by atoms with Gasteiger partial charge in [0.2, 0.25) is 5.91 Å². The number of anilines is 1. The molecule has 2 rings (SSSR count). The lowest BCUT2D eigenvalue weighted by molar-refractivity contribution is -0.111. The number of rotatable bonds is 6. The zero-order valence-corrected chi connectivity index (χ0v) is 13.3. The van der Waals surface area contributed by atoms with Gasteiger partial charge in [-0.05, 0) is 42.5 Å². The molecule has 0 radical (unpaired) electrons. The van der Waals surface area contributed by atoms with Crippen LogP contribution in [0.2, 0.25) is 0 Å². The second-order valence-corrected chi connectivity index (χ2v) is 4.66. The Labute approximate surface area is 135 Å². The molecular weight excluding hydrogens is 294 g/mol. The van der Waals surface area contributed by atoms with Crippen molar-refractivity contribution in [1.82, 2.24) is 0 Å². The summed E-state index contributed by atoms with van der Waals surface area (Å²) in [6.45, 7) is 0. The molecule has 0 spiro atoms. The van der Waals surface area contributed by atoms with Crippen molar-refractivity contribution in [3.05, 3.63) is 54.1 Å². The number of amides is 1. The summed E-state index contributed by atoms with van der Waals surface area (Å²) in [5.74, 6) is 1.84. The molecule has 0 heterocycles. The average molecular weight is 313 g/mol. The summed E-state index contributed by atoms with van der Waals surface area (Å²) < 4.78 is 15.5. The molecule has 120 valence electrons. The van der Waals surface area contributed by atoms with Gasteiger partial charge >= 0.3 is 0 Å². The lowest BCUT2D eigenvalue weighted by Crippen LogP contribution is -2.07. The first-order valence-electron chi connectivity index (χ1n) is 7.01. The minimum Gasteiger partial charge on any atom is -0.497 e. The lowest BCUT2D eigenvalue weighted by Gasteiger charge is -2.07. The fraction of sp³-hybridized carbons (Fsp3) is 0.167. The molecule has 0 aliphatic heterocycles. The van der Waals surface area contributed by atoms with E-state index in [2.05, 4.69) is 5.32 Å². The van der Waals surface area contributed by atoms with Crippen LogP contribution in [0.25, 0.3) is 6.08 Å². The van der Waals surface area contributed by atoms with Crippen molar-refractivity contribution in [3.8, 4) is 17.2 Å². The number of ether oxygens (including phenoxy) is 3. The van der Waals surface area contributed by atoms with Gasteiger partial charge in [0.15, 0.2) is 0 Å². The number of carbonyl (C=O) groups is 1. The highest BCUT2D eigenvalue weighted by Gasteiger charge is 2.03. The summed E-state index contributed by atoms with van der Waals surface area (Å²) >= 11 is 0. The fourth-order valence-electron chi connectivity index (χ4n) is 1.98. The van der Waals surface area contributed by atoms with Crippen molar-refractivity contribution in [3.63, 3.8) is 0 Å². The molecule has 0 saturated heterocycles. The van der Waals surface area contributed by atoms with E-state index in [1.54, 1.807) is 57.7 Å². The van der Waals surface area contributed by atoms with Crippen LogP contribution in [0.15, 0.2) is 48.5 Å². The number of carbonyl (C=O) groups excluding carboxylic acids is 1. The summed E-state index contributed by atoms with van der Waals surface area (Å²) in [5.41, 5.74) is 1.49. The molecule has 2 aromatic carbocycles. The fourth-order valence-corrected chi connectivity index (χ4v) is 1.98. The molecule has 23 heavy (non-hydrogen) atoms. The molecule has 5 heteroatoms. The van der Waals surface area contributed by atoms with Crippen molar-refractivity contribution >= 4 is 17.7 Å². The van der Waals surface area contributed by atoms with Crippen LogP contribution in [0.4, 0.5) is 5.69 Å². The third-order valence-corrected chi connectivity index (χ3v) is 3.21. The average Bonchev–Trinajstić information content (AvgIpc) is 2.60. The quantitative estimate of drug-likeness (QED) is 0.831. The van der Waals surface area contributed by atoms with E-state index in [-0.39, 0.29) is 5.91 Å². The first kappa shape index (κ1) is 16.4. The maximum Gasteiger partial charge on any atom is 0.248 e. The third kappa shape index (κ3) is 4.51. The molecule has 0 fully saturated rings. The number of methoxy groups -OCH3 is 3. The van der Waals surface area contributed by atoms with Crippen LogP contribution < -0.4 is 19.5 Å². The van der Waals surface area contributed by atoms with E-state index in [0.29, 0.717) is 17.2 Å². The molecule has 1 N–H and O–H groups in total. The Balaban J connectivity index is 2.05. The van der Waals surface area contributed by atoms with E-state index in [4.69, 9.17) is 14.2 Å². The van der Waals surface area contributed by atoms with E-state index in [0.717, 1.165) is 11.3 Å². The van der Waals surface area contributed by atoms with Crippen LogP contribution in [0.1, 0.15) is 5.56 Å². The van der Waals surface area contributed by atoms with Crippen LogP contribution >= 0.6 is 0 Å². The minimum absolute atomic E-state index is 0.229. The summed E-state index contributed by atoms with van der Waals surface area (Å²) in [4.78, 5) is 12.0. The molecule has 0 atom stereocenters. The first-order chi connectivity index (χ1) is 11.2. The van der Waals surface area contributed by atoms with Gasteiger partial charge in [0.25, 0.3) is 0 Å². The van der Waals surface area contributed by atoms with Gasteiger partial charge in [0.1, 0.15) is 17.2 Å². The van der Waals surface area contributed by atoms with Crippen molar-refractivity contribution < 1.29 is 19.0 Å². The van der Waals surface area contributed by atoms with Crippen molar-refractivity contribution in [2.45, 2.75) is 0 Å². The van der Waals surface area contributed by atoms with Crippen molar-refractivity contribution in [2.75, 3.05) is 26.6 Å². The predicted octanol–water partition coefficient (Wildman–Crippen LogP) is 3.36. The lowest BCUT2D eigenvalue weighted by atomic mass is 10.1. The van der Waals surface area contributed by atoms with Crippen LogP contribution in [0, 0.1) is 0 Å². The van der Waals surface area contributed by atoms with Gasteiger partial charge in [-0.3, -0.25) is 4.79 Å². The highest BCUT2D eigenvalue weighted by atomic mass is 16.5. The maximum atomic E-state index is 12.0. The standard InChI is InChI=1S/C18H19NO4/c1-21-15-9-6-14(7-10-15)19-18(20)11-5-13-4-8-16(22-2)12-17(13)23-3/h4-12H,1-3H3,(H,19,20)/b11-5+. The largest absolute Gasteiger partial charge is 0.497 e. The third-order valence-electron chi connectivity index (χ3n) is 3.21. The van der Waals surface area contributed by atoms with Crippen LogP contribution in [0.3, 0.4) is 0 Å². The molecule has 2 aromatic rings. The molecular formula is C18H19NO4. The smallest absolute Gasteiger partial charge is 0.248 e. The number of nitrogens with one attached hydrogen (secondary N) is 1. The summed E-state index contributed by atoms with van der Waals surface area (Å²) in [5, 5.41) is 2.78. The summed E-state index contributed by atoms with van der Waals surface area (Å²) in [7, 11) is 4.76. The Hall–Kier alpha value is -2.95. The first-order valence-corrected chi connectivity index (χ1v) is 7.01. The SMILES string of the molecule is COc1ccc(NC(=O)/C=C/c2ccc(OC)cc2OC)cc1.